The number of aromatic nitrogens is 1. The third kappa shape index (κ3) is 5.42. The molecule has 5 rings (SSSR count). The van der Waals surface area contributed by atoms with E-state index in [0.717, 1.165) is 20.3 Å². The molecule has 2 N–H and O–H groups in total. The van der Waals surface area contributed by atoms with E-state index in [1.54, 1.807) is 41.4 Å². The van der Waals surface area contributed by atoms with E-state index in [-0.39, 0.29) is 18.1 Å². The quantitative estimate of drug-likeness (QED) is 0.352. The highest BCUT2D eigenvalue weighted by molar-refractivity contribution is 9.10. The Kier molecular flexibility index (Phi) is 7.06. The summed E-state index contributed by atoms with van der Waals surface area (Å²) in [4.78, 5) is 53.4. The number of morpholine rings is 1. The number of fused-ring (bicyclic) bond motifs is 1. The number of hydrogen-bond donors (Lipinski definition) is 2. The molecule has 2 fully saturated rings. The lowest BCUT2D eigenvalue weighted by Gasteiger charge is -2.27. The molecule has 0 atom stereocenters. The van der Waals surface area contributed by atoms with Crippen LogP contribution in [0.25, 0.3) is 17.0 Å². The van der Waals surface area contributed by atoms with Crippen molar-refractivity contribution in [2.75, 3.05) is 38.2 Å². The maximum absolute atomic E-state index is 13.0. The zero-order chi connectivity index (χ0) is 25.9. The molecular formula is C26H24BrN5O5. The average molecular weight is 566 g/mol. The summed E-state index contributed by atoms with van der Waals surface area (Å²) in [5.74, 6) is -1.11. The fraction of sp³-hybridized carbons (Fsp3) is 0.231. The third-order valence-corrected chi connectivity index (χ3v) is 6.71. The standard InChI is InChI=1S/C26H24BrN5O5/c27-18-5-7-19(8-6-18)28-23(33)15-32-25(35)21(29-26(32)36)13-17-14-31(22-4-2-1-3-20(17)22)16-24(34)30-9-11-37-12-10-30/h1-8,13-14H,9-12,15-16H2,(H,28,33)(H,29,36)/b21-13-. The summed E-state index contributed by atoms with van der Waals surface area (Å²) in [6.07, 6.45) is 3.36. The number of nitrogens with one attached hydrogen (secondary N) is 2. The molecule has 0 spiro atoms. The van der Waals surface area contributed by atoms with E-state index in [1.807, 2.05) is 28.8 Å². The van der Waals surface area contributed by atoms with Gasteiger partial charge >= 0.3 is 6.03 Å². The van der Waals surface area contributed by atoms with Gasteiger partial charge in [0.05, 0.1) is 13.2 Å². The molecule has 190 valence electrons. The number of carbonyl (C=O) groups excluding carboxylic acids is 4. The second kappa shape index (κ2) is 10.6. The summed E-state index contributed by atoms with van der Waals surface area (Å²) in [7, 11) is 0. The summed E-state index contributed by atoms with van der Waals surface area (Å²) in [6.45, 7) is 1.88. The van der Waals surface area contributed by atoms with Gasteiger partial charge in [0.1, 0.15) is 18.8 Å². The highest BCUT2D eigenvalue weighted by Gasteiger charge is 2.35. The van der Waals surface area contributed by atoms with Crippen LogP contribution in [0.15, 0.2) is 64.9 Å². The number of anilines is 1. The van der Waals surface area contributed by atoms with E-state index < -0.39 is 24.4 Å². The predicted molar refractivity (Wildman–Crippen MR) is 140 cm³/mol. The summed E-state index contributed by atoms with van der Waals surface area (Å²) in [5.41, 5.74) is 2.12. The van der Waals surface area contributed by atoms with Gasteiger partial charge in [-0.3, -0.25) is 14.4 Å². The van der Waals surface area contributed by atoms with Crippen molar-refractivity contribution < 1.29 is 23.9 Å². The zero-order valence-corrected chi connectivity index (χ0v) is 21.4. The number of para-hydroxylation sites is 1. The lowest BCUT2D eigenvalue weighted by atomic mass is 10.1. The van der Waals surface area contributed by atoms with Gasteiger partial charge in [-0.05, 0) is 36.4 Å². The van der Waals surface area contributed by atoms with Crippen molar-refractivity contribution in [2.24, 2.45) is 0 Å². The molecule has 5 amide bonds. The molecule has 0 bridgehead atoms. The Balaban J connectivity index is 1.33. The van der Waals surface area contributed by atoms with Gasteiger partial charge in [0.2, 0.25) is 11.8 Å². The fourth-order valence-corrected chi connectivity index (χ4v) is 4.59. The summed E-state index contributed by atoms with van der Waals surface area (Å²) >= 11 is 3.33. The van der Waals surface area contributed by atoms with E-state index >= 15 is 0 Å². The van der Waals surface area contributed by atoms with E-state index in [9.17, 15) is 19.2 Å². The van der Waals surface area contributed by atoms with Gasteiger partial charge < -0.3 is 24.8 Å². The Morgan fingerprint density at radius 1 is 1.03 bits per heavy atom. The molecule has 0 aliphatic carbocycles. The number of rotatable bonds is 6. The molecule has 2 aromatic carbocycles. The molecule has 3 heterocycles. The van der Waals surface area contributed by atoms with E-state index in [1.165, 1.54) is 0 Å². The molecule has 11 heteroatoms. The molecule has 3 aromatic rings. The van der Waals surface area contributed by atoms with Gasteiger partial charge in [-0.15, -0.1) is 0 Å². The minimum Gasteiger partial charge on any atom is -0.378 e. The highest BCUT2D eigenvalue weighted by atomic mass is 79.9. The van der Waals surface area contributed by atoms with Gasteiger partial charge in [-0.2, -0.15) is 0 Å². The van der Waals surface area contributed by atoms with Crippen LogP contribution >= 0.6 is 15.9 Å². The molecule has 1 aromatic heterocycles. The van der Waals surface area contributed by atoms with Gasteiger partial charge in [-0.1, -0.05) is 34.1 Å². The average Bonchev–Trinajstić information content (AvgIpc) is 3.37. The Bertz CT molecular complexity index is 1410. The molecule has 0 radical (unpaired) electrons. The molecule has 2 saturated heterocycles. The summed E-state index contributed by atoms with van der Waals surface area (Å²) < 4.78 is 8.03. The van der Waals surface area contributed by atoms with E-state index in [0.29, 0.717) is 37.6 Å². The van der Waals surface area contributed by atoms with Crippen molar-refractivity contribution in [2.45, 2.75) is 6.54 Å². The van der Waals surface area contributed by atoms with Crippen molar-refractivity contribution >= 4 is 62.3 Å². The fourth-order valence-electron chi connectivity index (χ4n) is 4.33. The number of amides is 5. The van der Waals surface area contributed by atoms with Crippen LogP contribution in [0.2, 0.25) is 0 Å². The minimum absolute atomic E-state index is 0.0172. The molecule has 0 unspecified atom stereocenters. The van der Waals surface area contributed by atoms with Crippen LogP contribution in [0.4, 0.5) is 10.5 Å². The second-order valence-electron chi connectivity index (χ2n) is 8.66. The number of benzene rings is 2. The number of carbonyl (C=O) groups is 4. The third-order valence-electron chi connectivity index (χ3n) is 6.18. The number of imide groups is 1. The van der Waals surface area contributed by atoms with Gasteiger partial charge in [-0.25, -0.2) is 9.69 Å². The topological polar surface area (TPSA) is 113 Å². The minimum atomic E-state index is -0.673. The maximum Gasteiger partial charge on any atom is 0.329 e. The Morgan fingerprint density at radius 3 is 2.51 bits per heavy atom. The predicted octanol–water partition coefficient (Wildman–Crippen LogP) is 2.79. The smallest absolute Gasteiger partial charge is 0.329 e. The zero-order valence-electron chi connectivity index (χ0n) is 19.8. The Morgan fingerprint density at radius 2 is 1.76 bits per heavy atom. The van der Waals surface area contributed by atoms with Crippen molar-refractivity contribution in [3.05, 3.63) is 70.5 Å². The largest absolute Gasteiger partial charge is 0.378 e. The highest BCUT2D eigenvalue weighted by Crippen LogP contribution is 2.25. The number of hydrogen-bond acceptors (Lipinski definition) is 5. The molecule has 2 aliphatic heterocycles. The Labute approximate surface area is 221 Å². The lowest BCUT2D eigenvalue weighted by molar-refractivity contribution is -0.135. The van der Waals surface area contributed by atoms with E-state index in [4.69, 9.17) is 4.74 Å². The molecule has 37 heavy (non-hydrogen) atoms. The molecule has 2 aliphatic rings. The lowest BCUT2D eigenvalue weighted by Crippen LogP contribution is -2.42. The summed E-state index contributed by atoms with van der Waals surface area (Å²) in [5, 5.41) is 6.07. The van der Waals surface area contributed by atoms with Crippen molar-refractivity contribution in [1.29, 1.82) is 0 Å². The van der Waals surface area contributed by atoms with Gasteiger partial charge in [0.15, 0.2) is 0 Å². The first-order valence-corrected chi connectivity index (χ1v) is 12.5. The first kappa shape index (κ1) is 24.7. The van der Waals surface area contributed by atoms with Crippen LogP contribution in [-0.4, -0.2) is 71.0 Å². The maximum atomic E-state index is 13.0. The number of urea groups is 1. The van der Waals surface area contributed by atoms with Crippen LogP contribution in [-0.2, 0) is 25.7 Å². The van der Waals surface area contributed by atoms with Crippen LogP contribution in [0.1, 0.15) is 5.56 Å². The SMILES string of the molecule is O=C(CN1C(=O)N/C(=C\c2cn(CC(=O)N3CCOCC3)c3ccccc23)C1=O)Nc1ccc(Br)cc1. The number of halogens is 1. The van der Waals surface area contributed by atoms with Crippen molar-refractivity contribution in [3.63, 3.8) is 0 Å². The second-order valence-corrected chi connectivity index (χ2v) is 9.57. The van der Waals surface area contributed by atoms with E-state index in [2.05, 4.69) is 26.6 Å². The summed E-state index contributed by atoms with van der Waals surface area (Å²) in [6, 6.07) is 13.8. The first-order valence-electron chi connectivity index (χ1n) is 11.7. The molecule has 0 saturated carbocycles. The van der Waals surface area contributed by atoms with Gasteiger partial charge in [0, 0.05) is 45.9 Å². The van der Waals surface area contributed by atoms with Crippen molar-refractivity contribution in [3.8, 4) is 0 Å². The monoisotopic (exact) mass is 565 g/mol. The van der Waals surface area contributed by atoms with Crippen molar-refractivity contribution in [1.82, 2.24) is 19.7 Å². The number of nitrogens with zero attached hydrogens (tertiary/aromatic N) is 3. The normalized spacial score (nSPS) is 16.9. The first-order chi connectivity index (χ1) is 17.9. The molecule has 10 nitrogen and oxygen atoms in total. The van der Waals surface area contributed by atoms with Crippen LogP contribution < -0.4 is 10.6 Å². The Hall–Kier alpha value is -3.96. The van der Waals surface area contributed by atoms with Crippen LogP contribution in [0, 0.1) is 0 Å². The number of ether oxygens (including phenoxy) is 1. The van der Waals surface area contributed by atoms with Gasteiger partial charge in [0.25, 0.3) is 5.91 Å². The van der Waals surface area contributed by atoms with Crippen LogP contribution in [0.3, 0.4) is 0 Å². The molecular weight excluding hydrogens is 542 g/mol. The van der Waals surface area contributed by atoms with Crippen LogP contribution in [0.5, 0.6) is 0 Å².